The van der Waals surface area contributed by atoms with Gasteiger partial charge in [-0.2, -0.15) is 13.2 Å². The number of amides is 2. The fourth-order valence-electron chi connectivity index (χ4n) is 1.99. The van der Waals surface area contributed by atoms with E-state index in [2.05, 4.69) is 10.6 Å². The van der Waals surface area contributed by atoms with Crippen LogP contribution in [0.15, 0.2) is 29.2 Å². The first-order chi connectivity index (χ1) is 9.85. The molecule has 2 rings (SSSR count). The lowest BCUT2D eigenvalue weighted by atomic mass is 10.1. The van der Waals surface area contributed by atoms with Gasteiger partial charge in [0.05, 0.1) is 5.56 Å². The highest BCUT2D eigenvalue weighted by Gasteiger charge is 2.31. The van der Waals surface area contributed by atoms with Gasteiger partial charge in [0.1, 0.15) is 0 Å². The highest BCUT2D eigenvalue weighted by atomic mass is 32.2. The summed E-state index contributed by atoms with van der Waals surface area (Å²) in [6, 6.07) is 5.31. The topological polar surface area (TPSA) is 58.2 Å². The van der Waals surface area contributed by atoms with Gasteiger partial charge < -0.3 is 10.6 Å². The van der Waals surface area contributed by atoms with Crippen molar-refractivity contribution in [1.29, 1.82) is 0 Å². The predicted molar refractivity (Wildman–Crippen MR) is 71.9 cm³/mol. The molecule has 1 aromatic carbocycles. The van der Waals surface area contributed by atoms with Gasteiger partial charge in [0.15, 0.2) is 0 Å². The second-order valence-electron chi connectivity index (χ2n) is 4.56. The van der Waals surface area contributed by atoms with Crippen molar-refractivity contribution in [2.45, 2.75) is 29.3 Å². The van der Waals surface area contributed by atoms with Gasteiger partial charge in [-0.1, -0.05) is 12.1 Å². The number of rotatable bonds is 3. The van der Waals surface area contributed by atoms with E-state index in [9.17, 15) is 22.8 Å². The summed E-state index contributed by atoms with van der Waals surface area (Å²) >= 11 is -0.312. The molecule has 1 unspecified atom stereocenters. The first-order valence-electron chi connectivity index (χ1n) is 6.27. The van der Waals surface area contributed by atoms with E-state index >= 15 is 0 Å². The maximum absolute atomic E-state index is 12.5. The molecule has 1 aliphatic rings. The Morgan fingerprint density at radius 3 is 2.67 bits per heavy atom. The Hall–Kier alpha value is -1.70. The van der Waals surface area contributed by atoms with Crippen LogP contribution in [-0.2, 0) is 4.79 Å². The Bertz CT molecular complexity index is 538. The highest BCUT2D eigenvalue weighted by molar-refractivity contribution is 8.00. The van der Waals surface area contributed by atoms with Crippen molar-refractivity contribution in [1.82, 2.24) is 10.6 Å². The summed E-state index contributed by atoms with van der Waals surface area (Å²) in [4.78, 5) is 23.0. The molecule has 0 bridgehead atoms. The van der Waals surface area contributed by atoms with Crippen molar-refractivity contribution in [3.8, 4) is 0 Å². The predicted octanol–water partition coefficient (Wildman–Crippen LogP) is 2.31. The number of alkyl halides is 3. The summed E-state index contributed by atoms with van der Waals surface area (Å²) in [7, 11) is 0. The fraction of sp³-hybridized carbons (Fsp3) is 0.385. The van der Waals surface area contributed by atoms with Gasteiger partial charge in [-0.15, -0.1) is 0 Å². The summed E-state index contributed by atoms with van der Waals surface area (Å²) in [5.74, 6) is -0.656. The second kappa shape index (κ2) is 6.38. The largest absolute Gasteiger partial charge is 0.446 e. The molecule has 21 heavy (non-hydrogen) atoms. The molecule has 1 atom stereocenters. The van der Waals surface area contributed by atoms with Crippen LogP contribution in [-0.4, -0.2) is 29.9 Å². The third-order valence-electron chi connectivity index (χ3n) is 2.96. The lowest BCUT2D eigenvalue weighted by Crippen LogP contribution is -2.47. The molecule has 1 fully saturated rings. The number of hydrogen-bond donors (Lipinski definition) is 2. The van der Waals surface area contributed by atoms with Crippen LogP contribution in [0.25, 0.3) is 0 Å². The third kappa shape index (κ3) is 4.66. The van der Waals surface area contributed by atoms with Crippen LogP contribution in [0, 0.1) is 0 Å². The van der Waals surface area contributed by atoms with Gasteiger partial charge in [0, 0.05) is 23.9 Å². The number of piperidine rings is 1. The highest BCUT2D eigenvalue weighted by Crippen LogP contribution is 2.38. The molecule has 8 heteroatoms. The van der Waals surface area contributed by atoms with E-state index in [1.165, 1.54) is 24.3 Å². The molecule has 0 aliphatic carbocycles. The molecule has 1 heterocycles. The first-order valence-corrected chi connectivity index (χ1v) is 7.09. The van der Waals surface area contributed by atoms with Crippen LogP contribution in [0.3, 0.4) is 0 Å². The Labute approximate surface area is 123 Å². The number of benzene rings is 1. The Morgan fingerprint density at radius 1 is 1.33 bits per heavy atom. The molecule has 2 N–H and O–H groups in total. The summed E-state index contributed by atoms with van der Waals surface area (Å²) < 4.78 is 37.4. The van der Waals surface area contributed by atoms with Crippen LogP contribution in [0.2, 0.25) is 0 Å². The van der Waals surface area contributed by atoms with Crippen molar-refractivity contribution < 1.29 is 22.8 Å². The zero-order chi connectivity index (χ0) is 15.5. The number of hydrogen-bond acceptors (Lipinski definition) is 3. The number of carbonyl (C=O) groups is 2. The smallest absolute Gasteiger partial charge is 0.354 e. The van der Waals surface area contributed by atoms with Crippen molar-refractivity contribution >= 4 is 23.6 Å². The molecular formula is C13H13F3N2O2S. The summed E-state index contributed by atoms with van der Waals surface area (Å²) in [6.07, 6.45) is 0.774. The van der Waals surface area contributed by atoms with Crippen molar-refractivity contribution in [2.75, 3.05) is 6.54 Å². The van der Waals surface area contributed by atoms with E-state index < -0.39 is 11.4 Å². The van der Waals surface area contributed by atoms with E-state index in [0.29, 0.717) is 19.4 Å². The molecule has 1 saturated heterocycles. The zero-order valence-electron chi connectivity index (χ0n) is 10.9. The van der Waals surface area contributed by atoms with Gasteiger partial charge in [0.25, 0.3) is 5.91 Å². The Kier molecular flexibility index (Phi) is 4.76. The molecule has 4 nitrogen and oxygen atoms in total. The summed E-state index contributed by atoms with van der Waals surface area (Å²) in [5.41, 5.74) is -4.47. The van der Waals surface area contributed by atoms with E-state index in [0.717, 1.165) is 0 Å². The number of halogens is 3. The summed E-state index contributed by atoms with van der Waals surface area (Å²) in [6.45, 7) is 0.291. The van der Waals surface area contributed by atoms with Crippen LogP contribution in [0.4, 0.5) is 13.2 Å². The molecule has 1 aliphatic heterocycles. The average Bonchev–Trinajstić information content (AvgIpc) is 2.40. The Morgan fingerprint density at radius 2 is 2.05 bits per heavy atom. The molecule has 2 amide bonds. The van der Waals surface area contributed by atoms with Crippen LogP contribution in [0.5, 0.6) is 0 Å². The van der Waals surface area contributed by atoms with Gasteiger partial charge in [-0.25, -0.2) is 0 Å². The molecule has 0 saturated carbocycles. The molecule has 0 aromatic heterocycles. The molecule has 1 aromatic rings. The van der Waals surface area contributed by atoms with E-state index in [1.807, 2.05) is 0 Å². The minimum absolute atomic E-state index is 0.0169. The molecule has 114 valence electrons. The minimum atomic E-state index is -4.45. The average molecular weight is 318 g/mol. The van der Waals surface area contributed by atoms with Gasteiger partial charge >= 0.3 is 5.51 Å². The molecule has 0 radical (unpaired) electrons. The molecular weight excluding hydrogens is 305 g/mol. The first kappa shape index (κ1) is 15.7. The van der Waals surface area contributed by atoms with E-state index in [4.69, 9.17) is 0 Å². The van der Waals surface area contributed by atoms with Crippen molar-refractivity contribution in [3.05, 3.63) is 29.8 Å². The van der Waals surface area contributed by atoms with Crippen LogP contribution < -0.4 is 10.6 Å². The minimum Gasteiger partial charge on any atom is -0.354 e. The third-order valence-corrected chi connectivity index (χ3v) is 3.77. The Balaban J connectivity index is 2.07. The van der Waals surface area contributed by atoms with Gasteiger partial charge in [-0.05, 0) is 30.3 Å². The lowest BCUT2D eigenvalue weighted by molar-refractivity contribution is -0.122. The number of nitrogens with one attached hydrogen (secondary N) is 2. The summed E-state index contributed by atoms with van der Waals surface area (Å²) in [5, 5.41) is 5.25. The van der Waals surface area contributed by atoms with E-state index in [-0.39, 0.29) is 34.2 Å². The zero-order valence-corrected chi connectivity index (χ0v) is 11.7. The van der Waals surface area contributed by atoms with Gasteiger partial charge in [0.2, 0.25) is 5.91 Å². The molecule has 0 spiro atoms. The maximum atomic E-state index is 12.5. The van der Waals surface area contributed by atoms with Gasteiger partial charge in [-0.3, -0.25) is 9.59 Å². The monoisotopic (exact) mass is 318 g/mol. The normalized spacial score (nSPS) is 19.0. The van der Waals surface area contributed by atoms with Crippen molar-refractivity contribution in [2.24, 2.45) is 0 Å². The quantitative estimate of drug-likeness (QED) is 0.841. The standard InChI is InChI=1S/C13H13F3N2O2S/c14-13(15,16)21-10-4-2-1-3-9(10)12(20)18-8-5-6-11(19)17-7-8/h1-4,8H,5-7H2,(H,17,19)(H,18,20). The number of carbonyl (C=O) groups excluding carboxylic acids is 2. The van der Waals surface area contributed by atoms with Crippen LogP contribution in [0.1, 0.15) is 23.2 Å². The van der Waals surface area contributed by atoms with Crippen molar-refractivity contribution in [3.63, 3.8) is 0 Å². The van der Waals surface area contributed by atoms with E-state index in [1.54, 1.807) is 0 Å². The lowest BCUT2D eigenvalue weighted by Gasteiger charge is -2.23. The fourth-order valence-corrected chi connectivity index (χ4v) is 2.65. The second-order valence-corrected chi connectivity index (χ2v) is 5.66. The van der Waals surface area contributed by atoms with Crippen LogP contribution >= 0.6 is 11.8 Å². The number of thioether (sulfide) groups is 1. The SMILES string of the molecule is O=C1CCC(NC(=O)c2ccccc2SC(F)(F)F)CN1. The maximum Gasteiger partial charge on any atom is 0.446 e.